The molecule has 54 heavy (non-hydrogen) atoms. The molecule has 0 radical (unpaired) electrons. The van der Waals surface area contributed by atoms with Gasteiger partial charge in [0.25, 0.3) is 0 Å². The molecule has 5 atom stereocenters. The van der Waals surface area contributed by atoms with E-state index in [0.717, 1.165) is 31.2 Å². The molecule has 3 aromatic rings. The number of carboxylic acids is 1. The van der Waals surface area contributed by atoms with Gasteiger partial charge in [0.05, 0.1) is 24.9 Å². The van der Waals surface area contributed by atoms with Crippen LogP contribution in [0.25, 0.3) is 22.3 Å². The number of nitrogens with zero attached hydrogens (tertiary/aromatic N) is 3. The Bertz CT molecular complexity index is 2030. The maximum Gasteiger partial charge on any atom is 0.408 e. The van der Waals surface area contributed by atoms with Crippen molar-refractivity contribution in [2.75, 3.05) is 19.0 Å². The van der Waals surface area contributed by atoms with Gasteiger partial charge in [-0.25, -0.2) is 19.6 Å². The van der Waals surface area contributed by atoms with Crippen molar-refractivity contribution in [3.63, 3.8) is 0 Å². The van der Waals surface area contributed by atoms with E-state index in [1.54, 1.807) is 37.6 Å². The summed E-state index contributed by atoms with van der Waals surface area (Å²) < 4.78 is 17.8. The number of anilines is 1. The van der Waals surface area contributed by atoms with Gasteiger partial charge in [0.1, 0.15) is 47.0 Å². The number of amides is 4. The number of carbonyl (C=O) groups excluding carboxylic acids is 4. The molecule has 1 aromatic carbocycles. The molecule has 0 bridgehead atoms. The van der Waals surface area contributed by atoms with Crippen LogP contribution in [0.5, 0.6) is 11.5 Å². The number of hydrogen-bond acceptors (Lipinski definition) is 11. The summed E-state index contributed by atoms with van der Waals surface area (Å²) in [6.45, 7) is 12.4. The van der Waals surface area contributed by atoms with Gasteiger partial charge in [-0.15, -0.1) is 17.9 Å². The van der Waals surface area contributed by atoms with Gasteiger partial charge < -0.3 is 40.2 Å². The fraction of sp³-hybridized carbons (Fsp3) is 0.447. The molecule has 2 aliphatic carbocycles. The van der Waals surface area contributed by atoms with E-state index in [2.05, 4.69) is 34.1 Å². The number of thiazole rings is 1. The third kappa shape index (κ3) is 7.74. The highest BCUT2D eigenvalue weighted by atomic mass is 32.1. The van der Waals surface area contributed by atoms with Gasteiger partial charge in [0.2, 0.25) is 17.7 Å². The van der Waals surface area contributed by atoms with Crippen molar-refractivity contribution in [2.45, 2.75) is 89.1 Å². The average molecular weight is 761 g/mol. The van der Waals surface area contributed by atoms with E-state index < -0.39 is 53.5 Å². The van der Waals surface area contributed by atoms with Crippen molar-refractivity contribution >= 4 is 57.2 Å². The van der Waals surface area contributed by atoms with Crippen molar-refractivity contribution in [1.29, 1.82) is 0 Å². The molecule has 0 spiro atoms. The lowest BCUT2D eigenvalue weighted by atomic mass is 10.1. The number of benzene rings is 1. The Hall–Kier alpha value is -5.51. The monoisotopic (exact) mass is 760 g/mol. The fourth-order valence-electron chi connectivity index (χ4n) is 7.17. The Morgan fingerprint density at radius 3 is 2.46 bits per heavy atom. The number of likely N-dealkylation sites (tertiary alicyclic amines) is 1. The first-order valence-corrected chi connectivity index (χ1v) is 18.6. The molecule has 3 heterocycles. The van der Waals surface area contributed by atoms with Gasteiger partial charge >= 0.3 is 12.1 Å². The van der Waals surface area contributed by atoms with Gasteiger partial charge in [-0.1, -0.05) is 12.7 Å². The summed E-state index contributed by atoms with van der Waals surface area (Å²) in [5.74, 6) is -2.26. The molecule has 16 heteroatoms. The van der Waals surface area contributed by atoms with Crippen LogP contribution in [-0.2, 0) is 23.9 Å². The summed E-state index contributed by atoms with van der Waals surface area (Å²) >= 11 is 1.24. The number of carboxylic acid groups (broad SMARTS) is 1. The van der Waals surface area contributed by atoms with Crippen molar-refractivity contribution in [3.05, 3.63) is 53.9 Å². The topological polar surface area (TPSA) is 198 Å². The largest absolute Gasteiger partial charge is 0.496 e. The van der Waals surface area contributed by atoms with Crippen molar-refractivity contribution in [1.82, 2.24) is 25.5 Å². The minimum absolute atomic E-state index is 0.000867. The normalized spacial score (nSPS) is 22.6. The molecule has 4 N–H and O–H groups in total. The summed E-state index contributed by atoms with van der Waals surface area (Å²) in [6.07, 6.45) is 3.23. The van der Waals surface area contributed by atoms with Crippen LogP contribution in [0.2, 0.25) is 0 Å². The number of aliphatic carboxylic acids is 1. The van der Waals surface area contributed by atoms with Crippen LogP contribution in [0.15, 0.2) is 48.4 Å². The molecule has 286 valence electrons. The molecule has 1 saturated heterocycles. The molecule has 15 nitrogen and oxygen atoms in total. The zero-order valence-electron chi connectivity index (χ0n) is 30.6. The number of ether oxygens (including phenoxy) is 3. The van der Waals surface area contributed by atoms with Gasteiger partial charge in [-0.3, -0.25) is 14.4 Å². The number of carbonyl (C=O) groups is 5. The summed E-state index contributed by atoms with van der Waals surface area (Å²) in [4.78, 5) is 75.9. The third-order valence-corrected chi connectivity index (χ3v) is 10.9. The number of methoxy groups -OCH3 is 1. The second kappa shape index (κ2) is 15.5. The summed E-state index contributed by atoms with van der Waals surface area (Å²) in [5.41, 5.74) is 1.01. The zero-order valence-corrected chi connectivity index (χ0v) is 31.4. The quantitative estimate of drug-likeness (QED) is 0.176. The number of aryl methyl sites for hydroxylation is 1. The Morgan fingerprint density at radius 1 is 1.09 bits per heavy atom. The van der Waals surface area contributed by atoms with E-state index in [-0.39, 0.29) is 31.4 Å². The fourth-order valence-corrected chi connectivity index (χ4v) is 7.92. The predicted octanol–water partition coefficient (Wildman–Crippen LogP) is 4.74. The van der Waals surface area contributed by atoms with Crippen molar-refractivity contribution < 1.29 is 43.3 Å². The molecule has 4 amide bonds. The second-order valence-electron chi connectivity index (χ2n) is 14.0. The summed E-state index contributed by atoms with van der Waals surface area (Å²) in [7, 11) is 1.56. The molecule has 2 saturated carbocycles. The molecule has 2 aromatic heterocycles. The van der Waals surface area contributed by atoms with Gasteiger partial charge in [-0.05, 0) is 63.7 Å². The minimum Gasteiger partial charge on any atom is -0.496 e. The van der Waals surface area contributed by atoms with Crippen molar-refractivity contribution in [2.24, 2.45) is 5.92 Å². The third-order valence-electron chi connectivity index (χ3n) is 10.2. The maximum absolute atomic E-state index is 14.3. The van der Waals surface area contributed by atoms with Crippen molar-refractivity contribution in [3.8, 4) is 22.9 Å². The van der Waals surface area contributed by atoms with Gasteiger partial charge in [0.15, 0.2) is 5.13 Å². The molecule has 6 rings (SSSR count). The molecule has 0 unspecified atom stereocenters. The SMILES string of the molecule is C=C[C@@H]1C[C@]1(NC(=O)[C@@H]1C[C@@H](Oc2cc(-c3csc(NC(C)=O)n3)nc3c(C)c(OC)ccc23)CN1C(=O)[C@@H](NC(=O)OC1CCCC1)C(=C)C)C(=O)O. The lowest BCUT2D eigenvalue weighted by Crippen LogP contribution is -2.56. The minimum atomic E-state index is -1.54. The van der Waals surface area contributed by atoms with E-state index in [0.29, 0.717) is 44.5 Å². The first-order valence-electron chi connectivity index (χ1n) is 17.7. The summed E-state index contributed by atoms with van der Waals surface area (Å²) in [5, 5.41) is 20.8. The lowest BCUT2D eigenvalue weighted by Gasteiger charge is -2.29. The lowest BCUT2D eigenvalue weighted by molar-refractivity contribution is -0.145. The number of pyridine rings is 1. The van der Waals surface area contributed by atoms with Crippen LogP contribution in [0.3, 0.4) is 0 Å². The van der Waals surface area contributed by atoms with Crippen LogP contribution < -0.4 is 25.4 Å². The average Bonchev–Trinajstić information content (AvgIpc) is 3.53. The number of alkyl carbamates (subject to hydrolysis) is 1. The predicted molar refractivity (Wildman–Crippen MR) is 200 cm³/mol. The maximum atomic E-state index is 14.3. The highest BCUT2D eigenvalue weighted by Gasteiger charge is 2.61. The molecule has 3 aliphatic rings. The smallest absolute Gasteiger partial charge is 0.408 e. The zero-order chi connectivity index (χ0) is 38.9. The molecular formula is C38H44N6O9S. The first kappa shape index (κ1) is 38.2. The molecule has 3 fully saturated rings. The standard InChI is InChI=1S/C38H44N6O9S/c1-7-22-16-38(22,35(48)49)43-33(46)28-14-24(17-44(28)34(47)31(19(2)3)42-37(50)53-23-10-8-9-11-23)52-30-15-26(27-18-54-36(41-27)39-21(5)45)40-32-20(4)29(51-6)13-12-25(30)32/h7,12-13,15,18,22-24,28,31H,1-2,8-11,14,16-17H2,3-6H3,(H,42,50)(H,43,46)(H,48,49)(H,39,41,45)/t22-,24-,28+,31+,38-/m1/s1. The number of fused-ring (bicyclic) bond motifs is 1. The van der Waals surface area contributed by atoms with E-state index >= 15 is 0 Å². The summed E-state index contributed by atoms with van der Waals surface area (Å²) in [6, 6.07) is 2.90. The van der Waals surface area contributed by atoms with E-state index in [9.17, 15) is 29.1 Å². The van der Waals surface area contributed by atoms with E-state index in [4.69, 9.17) is 19.2 Å². The second-order valence-corrected chi connectivity index (χ2v) is 14.9. The first-order chi connectivity index (χ1) is 25.7. The molecular weight excluding hydrogens is 717 g/mol. The number of nitrogens with one attached hydrogen (secondary N) is 3. The Labute approximate surface area is 316 Å². The van der Waals surface area contributed by atoms with Crippen LogP contribution in [0.4, 0.5) is 9.93 Å². The van der Waals surface area contributed by atoms with Crippen LogP contribution >= 0.6 is 11.3 Å². The van der Waals surface area contributed by atoms with Gasteiger partial charge in [0, 0.05) is 41.7 Å². The van der Waals surface area contributed by atoms with E-state index in [1.165, 1.54) is 29.2 Å². The number of rotatable bonds is 13. The number of aromatic nitrogens is 2. The van der Waals surface area contributed by atoms with Crippen LogP contribution in [-0.4, -0.2) is 93.2 Å². The Balaban J connectivity index is 1.33. The highest BCUT2D eigenvalue weighted by Crippen LogP contribution is 2.45. The number of hydrogen-bond donors (Lipinski definition) is 4. The Morgan fingerprint density at radius 2 is 1.83 bits per heavy atom. The molecule has 1 aliphatic heterocycles. The Kier molecular flexibility index (Phi) is 10.9. The van der Waals surface area contributed by atoms with Gasteiger partial charge in [-0.2, -0.15) is 0 Å². The van der Waals surface area contributed by atoms with E-state index in [1.807, 2.05) is 6.92 Å². The highest BCUT2D eigenvalue weighted by molar-refractivity contribution is 7.14. The van der Waals surface area contributed by atoms with Crippen LogP contribution in [0.1, 0.15) is 57.9 Å². The van der Waals surface area contributed by atoms with Crippen LogP contribution in [0, 0.1) is 12.8 Å².